The van der Waals surface area contributed by atoms with Crippen LogP contribution in [0.15, 0.2) is 40.4 Å². The molecule has 6 nitrogen and oxygen atoms in total. The van der Waals surface area contributed by atoms with Crippen LogP contribution in [0.1, 0.15) is 5.69 Å². The third-order valence-electron chi connectivity index (χ3n) is 4.10. The zero-order valence-electron chi connectivity index (χ0n) is 15.1. The highest BCUT2D eigenvalue weighted by molar-refractivity contribution is 7.90. The average Bonchev–Trinajstić information content (AvgIpc) is 3.06. The second kappa shape index (κ2) is 7.47. The topological polar surface area (TPSA) is 75.2 Å². The van der Waals surface area contributed by atoms with Crippen LogP contribution in [0.4, 0.5) is 35.1 Å². The smallest absolute Gasteiger partial charge is 0.455 e. The third-order valence-corrected chi connectivity index (χ3v) is 5.02. The van der Waals surface area contributed by atoms with Gasteiger partial charge in [0, 0.05) is 30.1 Å². The first-order valence-corrected chi connectivity index (χ1v) is 9.62. The van der Waals surface area contributed by atoms with Crippen molar-refractivity contribution in [1.29, 1.82) is 0 Å². The summed E-state index contributed by atoms with van der Waals surface area (Å²) in [4.78, 5) is 16.2. The lowest BCUT2D eigenvalue weighted by molar-refractivity contribution is -0.287. The molecule has 0 amide bonds. The van der Waals surface area contributed by atoms with Gasteiger partial charge in [-0.2, -0.15) is 40.2 Å². The standard InChI is InChI=1S/C16H10F8N4O2S/c1-31(30)9-2-3-28-10(4-9)26-12(15(19,20)21)11(13(28)29)8-5-25-27(6-8)7-14(17,18)16(22,23)24/h2-6H,7H2,1H3. The van der Waals surface area contributed by atoms with Crippen LogP contribution in [0.2, 0.25) is 0 Å². The fourth-order valence-electron chi connectivity index (χ4n) is 2.64. The molecule has 3 rings (SSSR count). The molecule has 168 valence electrons. The molecule has 0 N–H and O–H groups in total. The van der Waals surface area contributed by atoms with Crippen molar-refractivity contribution in [2.45, 2.75) is 29.7 Å². The molecule has 3 heterocycles. The predicted molar refractivity (Wildman–Crippen MR) is 91.0 cm³/mol. The summed E-state index contributed by atoms with van der Waals surface area (Å²) >= 11 is -1.59. The second-order valence-corrected chi connectivity index (χ2v) is 7.69. The Morgan fingerprint density at radius 3 is 2.32 bits per heavy atom. The summed E-state index contributed by atoms with van der Waals surface area (Å²) < 4.78 is 117. The first-order valence-electron chi connectivity index (χ1n) is 8.06. The maximum Gasteiger partial charge on any atom is 0.455 e. The van der Waals surface area contributed by atoms with Gasteiger partial charge in [0.05, 0.1) is 11.8 Å². The van der Waals surface area contributed by atoms with Crippen molar-refractivity contribution in [2.75, 3.05) is 6.26 Å². The van der Waals surface area contributed by atoms with Crippen molar-refractivity contribution >= 4 is 16.8 Å². The molecule has 0 aliphatic heterocycles. The zero-order chi connectivity index (χ0) is 23.4. The molecule has 0 aliphatic rings. The minimum Gasteiger partial charge on any atom is -0.612 e. The maximum absolute atomic E-state index is 13.6. The molecule has 0 aromatic carbocycles. The van der Waals surface area contributed by atoms with Crippen LogP contribution in [0.3, 0.4) is 0 Å². The summed E-state index contributed by atoms with van der Waals surface area (Å²) in [6.45, 7) is -1.99. The Balaban J connectivity index is 2.18. The quantitative estimate of drug-likeness (QED) is 0.429. The highest BCUT2D eigenvalue weighted by Gasteiger charge is 2.57. The SMILES string of the molecule is C[S+]([O-])c1ccn2c(=O)c(-c3cnn(CC(F)(F)C(F)(F)F)c3)c(C(F)(F)F)nc2c1. The zero-order valence-corrected chi connectivity index (χ0v) is 15.9. The van der Waals surface area contributed by atoms with Gasteiger partial charge >= 0.3 is 18.3 Å². The van der Waals surface area contributed by atoms with E-state index in [4.69, 9.17) is 0 Å². The van der Waals surface area contributed by atoms with Crippen LogP contribution in [0.5, 0.6) is 0 Å². The van der Waals surface area contributed by atoms with E-state index in [-0.39, 0.29) is 9.58 Å². The summed E-state index contributed by atoms with van der Waals surface area (Å²) in [5.74, 6) is -5.20. The molecule has 0 saturated heterocycles. The summed E-state index contributed by atoms with van der Waals surface area (Å²) in [6.07, 6.45) is -7.78. The number of hydrogen-bond donors (Lipinski definition) is 0. The molecule has 0 aliphatic carbocycles. The van der Waals surface area contributed by atoms with Crippen molar-refractivity contribution < 1.29 is 39.7 Å². The summed E-state index contributed by atoms with van der Waals surface area (Å²) in [5.41, 5.74) is -5.19. The molecule has 1 atom stereocenters. The molecule has 15 heteroatoms. The molecule has 0 radical (unpaired) electrons. The van der Waals surface area contributed by atoms with Crippen LogP contribution >= 0.6 is 0 Å². The van der Waals surface area contributed by atoms with Crippen molar-refractivity contribution in [3.05, 3.63) is 46.8 Å². The molecule has 1 unspecified atom stereocenters. The first kappa shape index (κ1) is 23.0. The minimum absolute atomic E-state index is 0.0839. The highest BCUT2D eigenvalue weighted by atomic mass is 32.2. The monoisotopic (exact) mass is 474 g/mol. The van der Waals surface area contributed by atoms with Gasteiger partial charge in [0.2, 0.25) is 0 Å². The van der Waals surface area contributed by atoms with Crippen molar-refractivity contribution in [3.8, 4) is 11.1 Å². The van der Waals surface area contributed by atoms with E-state index < -0.39 is 64.0 Å². The third kappa shape index (κ3) is 4.37. The summed E-state index contributed by atoms with van der Waals surface area (Å²) in [6, 6.07) is 2.21. The van der Waals surface area contributed by atoms with Gasteiger partial charge in [-0.1, -0.05) is 0 Å². The van der Waals surface area contributed by atoms with Crippen molar-refractivity contribution in [2.24, 2.45) is 0 Å². The Morgan fingerprint density at radius 2 is 1.77 bits per heavy atom. The van der Waals surface area contributed by atoms with Crippen LogP contribution < -0.4 is 5.56 Å². The van der Waals surface area contributed by atoms with Crippen LogP contribution in [0, 0.1) is 0 Å². The molecule has 3 aromatic rings. The lowest BCUT2D eigenvalue weighted by Gasteiger charge is -2.19. The molecule has 3 aromatic heterocycles. The van der Waals surface area contributed by atoms with Crippen molar-refractivity contribution in [1.82, 2.24) is 19.2 Å². The van der Waals surface area contributed by atoms with Gasteiger partial charge in [-0.25, -0.2) is 4.98 Å². The number of pyridine rings is 1. The van der Waals surface area contributed by atoms with Gasteiger partial charge in [0.15, 0.2) is 10.6 Å². The van der Waals surface area contributed by atoms with Crippen molar-refractivity contribution in [3.63, 3.8) is 0 Å². The number of aromatic nitrogens is 4. The maximum atomic E-state index is 13.6. The molecule has 0 spiro atoms. The number of rotatable bonds is 4. The van der Waals surface area contributed by atoms with E-state index >= 15 is 0 Å². The van der Waals surface area contributed by atoms with Gasteiger partial charge in [0.25, 0.3) is 5.56 Å². The van der Waals surface area contributed by atoms with Crippen LogP contribution in [0.25, 0.3) is 16.8 Å². The fraction of sp³-hybridized carbons (Fsp3) is 0.312. The Morgan fingerprint density at radius 1 is 1.13 bits per heavy atom. The van der Waals surface area contributed by atoms with E-state index in [0.717, 1.165) is 12.3 Å². The summed E-state index contributed by atoms with van der Waals surface area (Å²) in [5, 5.41) is 3.23. The number of hydrogen-bond acceptors (Lipinski definition) is 4. The number of halogens is 8. The van der Waals surface area contributed by atoms with E-state index in [0.29, 0.717) is 16.8 Å². The predicted octanol–water partition coefficient (Wildman–Crippen LogP) is 3.51. The number of fused-ring (bicyclic) bond motifs is 1. The summed E-state index contributed by atoms with van der Waals surface area (Å²) in [7, 11) is 0. The molecular formula is C16H10F8N4O2S. The average molecular weight is 474 g/mol. The molecular weight excluding hydrogens is 464 g/mol. The largest absolute Gasteiger partial charge is 0.612 e. The minimum atomic E-state index is -5.91. The van der Waals surface area contributed by atoms with Crippen LogP contribution in [-0.4, -0.2) is 42.1 Å². The highest BCUT2D eigenvalue weighted by Crippen LogP contribution is 2.37. The van der Waals surface area contributed by atoms with Gasteiger partial charge in [-0.3, -0.25) is 13.9 Å². The van der Waals surface area contributed by atoms with E-state index in [2.05, 4.69) is 10.1 Å². The Hall–Kier alpha value is -2.68. The molecule has 31 heavy (non-hydrogen) atoms. The van der Waals surface area contributed by atoms with E-state index in [1.165, 1.54) is 12.3 Å². The van der Waals surface area contributed by atoms with E-state index in [1.54, 1.807) is 0 Å². The van der Waals surface area contributed by atoms with Gasteiger partial charge in [-0.05, 0) is 11.2 Å². The van der Waals surface area contributed by atoms with Crippen LogP contribution in [-0.2, 0) is 23.9 Å². The molecule has 0 bridgehead atoms. The Kier molecular flexibility index (Phi) is 5.54. The lowest BCUT2D eigenvalue weighted by atomic mass is 10.1. The molecule has 0 saturated carbocycles. The van der Waals surface area contributed by atoms with Gasteiger partial charge in [-0.15, -0.1) is 0 Å². The number of alkyl halides is 8. The Bertz CT molecular complexity index is 1180. The second-order valence-electron chi connectivity index (χ2n) is 6.31. The molecule has 0 fully saturated rings. The fourth-order valence-corrected chi connectivity index (χ4v) is 3.16. The van der Waals surface area contributed by atoms with E-state index in [1.807, 2.05) is 0 Å². The normalized spacial score (nSPS) is 14.3. The van der Waals surface area contributed by atoms with Gasteiger partial charge in [0.1, 0.15) is 18.4 Å². The van der Waals surface area contributed by atoms with E-state index in [9.17, 15) is 44.5 Å². The number of nitrogens with zero attached hydrogens (tertiary/aromatic N) is 4. The van der Waals surface area contributed by atoms with Gasteiger partial charge < -0.3 is 4.55 Å². The first-order chi connectivity index (χ1) is 14.1. The lowest BCUT2D eigenvalue weighted by Crippen LogP contribution is -2.40. The Labute approximate surface area is 170 Å².